The first-order valence-electron chi connectivity index (χ1n) is 6.03. The molecule has 0 aliphatic carbocycles. The lowest BCUT2D eigenvalue weighted by Gasteiger charge is -2.07. The van der Waals surface area contributed by atoms with Gasteiger partial charge in [0, 0.05) is 11.4 Å². The van der Waals surface area contributed by atoms with Gasteiger partial charge in [-0.15, -0.1) is 0 Å². The Bertz CT molecular complexity index is 593. The summed E-state index contributed by atoms with van der Waals surface area (Å²) >= 11 is 5.83. The van der Waals surface area contributed by atoms with Crippen molar-refractivity contribution in [2.45, 2.75) is 13.3 Å². The molecule has 0 fully saturated rings. The topological polar surface area (TPSA) is 69.4 Å². The van der Waals surface area contributed by atoms with Gasteiger partial charge in [-0.3, -0.25) is 0 Å². The van der Waals surface area contributed by atoms with Gasteiger partial charge in [0.2, 0.25) is 0 Å². The lowest BCUT2D eigenvalue weighted by atomic mass is 10.1. The Balaban J connectivity index is 2.14. The van der Waals surface area contributed by atoms with Gasteiger partial charge >= 0.3 is 6.03 Å². The fourth-order valence-electron chi connectivity index (χ4n) is 1.53. The first-order valence-corrected chi connectivity index (χ1v) is 6.40. The minimum absolute atomic E-state index is 0.329. The number of aromatic nitrogens is 3. The number of nitrogens with zero attached hydrogens (tertiary/aromatic N) is 4. The van der Waals surface area contributed by atoms with Crippen molar-refractivity contribution in [1.29, 1.82) is 0 Å². The summed E-state index contributed by atoms with van der Waals surface area (Å²) in [7, 11) is 0. The summed E-state index contributed by atoms with van der Waals surface area (Å²) in [5, 5.41) is 4.38. The smallest absolute Gasteiger partial charge is 0.372 e. The quantitative estimate of drug-likeness (QED) is 0.644. The van der Waals surface area contributed by atoms with Crippen LogP contribution in [0.3, 0.4) is 0 Å². The average molecular weight is 293 g/mol. The monoisotopic (exact) mass is 292 g/mol. The molecule has 0 aliphatic heterocycles. The highest BCUT2D eigenvalue weighted by Crippen LogP contribution is 2.11. The number of carbonyl (C=O) groups excluding carboxylic acids is 1. The van der Waals surface area contributed by atoms with Crippen molar-refractivity contribution in [2.75, 3.05) is 6.61 Å². The molecule has 6 nitrogen and oxygen atoms in total. The molecule has 2 aromatic rings. The van der Waals surface area contributed by atoms with Gasteiger partial charge in [0.15, 0.2) is 5.90 Å². The van der Waals surface area contributed by atoms with Crippen molar-refractivity contribution in [1.82, 2.24) is 14.8 Å². The van der Waals surface area contributed by atoms with E-state index in [9.17, 15) is 4.79 Å². The first-order chi connectivity index (χ1) is 9.69. The van der Waals surface area contributed by atoms with Gasteiger partial charge in [-0.1, -0.05) is 23.7 Å². The van der Waals surface area contributed by atoms with Gasteiger partial charge in [-0.05, 0) is 24.6 Å². The fourth-order valence-corrected chi connectivity index (χ4v) is 1.66. The van der Waals surface area contributed by atoms with Crippen molar-refractivity contribution in [2.24, 2.45) is 4.99 Å². The molecule has 1 aromatic carbocycles. The molecular formula is C13H13ClN4O2. The molecule has 104 valence electrons. The van der Waals surface area contributed by atoms with Gasteiger partial charge in [0.05, 0.1) is 6.61 Å². The van der Waals surface area contributed by atoms with E-state index in [1.54, 1.807) is 12.1 Å². The molecular weight excluding hydrogens is 280 g/mol. The molecule has 1 aromatic heterocycles. The van der Waals surface area contributed by atoms with Crippen LogP contribution < -0.4 is 0 Å². The number of rotatable bonds is 3. The van der Waals surface area contributed by atoms with Gasteiger partial charge in [0.1, 0.15) is 12.7 Å². The third-order valence-corrected chi connectivity index (χ3v) is 2.67. The van der Waals surface area contributed by atoms with E-state index in [2.05, 4.69) is 15.1 Å². The third kappa shape index (κ3) is 3.89. The summed E-state index contributed by atoms with van der Waals surface area (Å²) in [5.41, 5.74) is 0.952. The summed E-state index contributed by atoms with van der Waals surface area (Å²) in [4.78, 5) is 19.4. The van der Waals surface area contributed by atoms with Crippen molar-refractivity contribution in [3.05, 3.63) is 47.5 Å². The lowest BCUT2D eigenvalue weighted by molar-refractivity contribution is 0.246. The summed E-state index contributed by atoms with van der Waals surface area (Å²) in [6.45, 7) is 2.26. The molecule has 20 heavy (non-hydrogen) atoms. The fraction of sp³-hybridized carbons (Fsp3) is 0.231. The Hall–Kier alpha value is -2.21. The van der Waals surface area contributed by atoms with Crippen molar-refractivity contribution >= 4 is 23.5 Å². The van der Waals surface area contributed by atoms with Crippen LogP contribution in [0.15, 0.2) is 41.9 Å². The van der Waals surface area contributed by atoms with Crippen LogP contribution in [0.2, 0.25) is 5.02 Å². The van der Waals surface area contributed by atoms with Crippen LogP contribution in [0.1, 0.15) is 12.5 Å². The van der Waals surface area contributed by atoms with Crippen molar-refractivity contribution in [3.8, 4) is 0 Å². The van der Waals surface area contributed by atoms with Crippen LogP contribution in [0.4, 0.5) is 4.79 Å². The molecule has 0 atom stereocenters. The van der Waals surface area contributed by atoms with E-state index in [4.69, 9.17) is 16.3 Å². The maximum Gasteiger partial charge on any atom is 0.372 e. The summed E-state index contributed by atoms with van der Waals surface area (Å²) in [5.74, 6) is 0.329. The minimum atomic E-state index is -0.542. The second-order valence-corrected chi connectivity index (χ2v) is 4.30. The molecule has 7 heteroatoms. The maximum atomic E-state index is 11.8. The van der Waals surface area contributed by atoms with E-state index in [0.717, 1.165) is 10.2 Å². The van der Waals surface area contributed by atoms with Crippen molar-refractivity contribution < 1.29 is 9.53 Å². The van der Waals surface area contributed by atoms with Crippen LogP contribution in [-0.2, 0) is 11.2 Å². The molecule has 0 unspecified atom stereocenters. The Morgan fingerprint density at radius 1 is 1.40 bits per heavy atom. The van der Waals surface area contributed by atoms with Gasteiger partial charge < -0.3 is 4.74 Å². The van der Waals surface area contributed by atoms with Crippen molar-refractivity contribution in [3.63, 3.8) is 0 Å². The third-order valence-electron chi connectivity index (χ3n) is 2.41. The molecule has 1 amide bonds. The molecule has 0 spiro atoms. The zero-order chi connectivity index (χ0) is 14.4. The predicted octanol–water partition coefficient (Wildman–Crippen LogP) is 2.58. The number of carbonyl (C=O) groups is 1. The largest absolute Gasteiger partial charge is 0.481 e. The van der Waals surface area contributed by atoms with E-state index in [1.807, 2.05) is 19.1 Å². The highest BCUT2D eigenvalue weighted by molar-refractivity contribution is 6.30. The van der Waals surface area contributed by atoms with Crippen LogP contribution >= 0.6 is 11.6 Å². The van der Waals surface area contributed by atoms with E-state index >= 15 is 0 Å². The Morgan fingerprint density at radius 2 is 2.15 bits per heavy atom. The average Bonchev–Trinajstić information content (AvgIpc) is 2.96. The second kappa shape index (κ2) is 6.81. The van der Waals surface area contributed by atoms with E-state index < -0.39 is 6.03 Å². The van der Waals surface area contributed by atoms with Crippen LogP contribution in [-0.4, -0.2) is 33.3 Å². The molecule has 0 bridgehead atoms. The Morgan fingerprint density at radius 3 is 2.75 bits per heavy atom. The standard InChI is InChI=1S/C13H13ClN4O2/c1-2-20-12(7-10-3-5-11(14)6-4-10)17-13(19)18-9-15-8-16-18/h3-6,8-9H,2,7H2,1H3/b17-12-. The molecule has 0 radical (unpaired) electrons. The second-order valence-electron chi connectivity index (χ2n) is 3.86. The van der Waals surface area contributed by atoms with Crippen LogP contribution in [0.5, 0.6) is 0 Å². The zero-order valence-electron chi connectivity index (χ0n) is 10.9. The highest BCUT2D eigenvalue weighted by Gasteiger charge is 2.08. The molecule has 2 rings (SSSR count). The molecule has 0 saturated heterocycles. The molecule has 0 saturated carbocycles. The normalized spacial score (nSPS) is 11.4. The maximum absolute atomic E-state index is 11.8. The number of hydrogen-bond donors (Lipinski definition) is 0. The van der Waals surface area contributed by atoms with Crippen LogP contribution in [0.25, 0.3) is 0 Å². The number of benzene rings is 1. The minimum Gasteiger partial charge on any atom is -0.481 e. The van der Waals surface area contributed by atoms with E-state index in [0.29, 0.717) is 23.9 Å². The number of aliphatic imine (C=N–C) groups is 1. The summed E-state index contributed by atoms with van der Waals surface area (Å²) < 4.78 is 6.42. The number of ether oxygens (including phenoxy) is 1. The zero-order valence-corrected chi connectivity index (χ0v) is 11.6. The Kier molecular flexibility index (Phi) is 4.84. The summed E-state index contributed by atoms with van der Waals surface area (Å²) in [6.07, 6.45) is 2.97. The molecule has 0 N–H and O–H groups in total. The summed E-state index contributed by atoms with van der Waals surface area (Å²) in [6, 6.07) is 6.73. The SMILES string of the molecule is CCO/C(Cc1ccc(Cl)cc1)=N\C(=O)n1cncn1. The molecule has 1 heterocycles. The van der Waals surface area contributed by atoms with Gasteiger partial charge in [-0.2, -0.15) is 14.8 Å². The first kappa shape index (κ1) is 14.2. The Labute approximate surface area is 121 Å². The molecule has 0 aliphatic rings. The number of amides is 1. The predicted molar refractivity (Wildman–Crippen MR) is 75.0 cm³/mol. The van der Waals surface area contributed by atoms with Gasteiger partial charge in [0.25, 0.3) is 0 Å². The van der Waals surface area contributed by atoms with Gasteiger partial charge in [-0.25, -0.2) is 9.78 Å². The lowest BCUT2D eigenvalue weighted by Crippen LogP contribution is -2.15. The highest BCUT2D eigenvalue weighted by atomic mass is 35.5. The van der Waals surface area contributed by atoms with Crippen LogP contribution in [0, 0.1) is 0 Å². The van der Waals surface area contributed by atoms with E-state index in [1.165, 1.54) is 12.7 Å². The van der Waals surface area contributed by atoms with E-state index in [-0.39, 0.29) is 0 Å². The number of halogens is 1. The number of hydrogen-bond acceptors (Lipinski definition) is 4.